The lowest BCUT2D eigenvalue weighted by Crippen LogP contribution is -2.55. The molecule has 0 radical (unpaired) electrons. The van der Waals surface area contributed by atoms with Gasteiger partial charge < -0.3 is 4.74 Å². The Hall–Kier alpha value is -1.12. The highest BCUT2D eigenvalue weighted by Crippen LogP contribution is 2.65. The van der Waals surface area contributed by atoms with Crippen molar-refractivity contribution in [2.75, 3.05) is 0 Å². The van der Waals surface area contributed by atoms with Gasteiger partial charge in [-0.25, -0.2) is 0 Å². The van der Waals surface area contributed by atoms with Gasteiger partial charge in [-0.1, -0.05) is 25.8 Å². The molecule has 0 heterocycles. The molecule has 0 aromatic rings. The number of rotatable bonds is 1. The Kier molecular flexibility index (Phi) is 3.71. The van der Waals surface area contributed by atoms with Crippen molar-refractivity contribution in [3.63, 3.8) is 0 Å². The van der Waals surface area contributed by atoms with E-state index >= 15 is 0 Å². The van der Waals surface area contributed by atoms with Crippen molar-refractivity contribution in [1.29, 1.82) is 0 Å². The third-order valence-electron chi connectivity index (χ3n) is 8.13. The summed E-state index contributed by atoms with van der Waals surface area (Å²) in [5.74, 6) is 2.00. The molecule has 3 saturated carbocycles. The molecule has 24 heavy (non-hydrogen) atoms. The molecular weight excluding hydrogens is 300 g/mol. The lowest BCUT2D eigenvalue weighted by molar-refractivity contribution is -0.163. The van der Waals surface area contributed by atoms with Crippen LogP contribution in [-0.2, 0) is 14.3 Å². The maximum absolute atomic E-state index is 12.2. The van der Waals surface area contributed by atoms with E-state index in [2.05, 4.69) is 13.8 Å². The van der Waals surface area contributed by atoms with Gasteiger partial charge in [0.1, 0.15) is 6.10 Å². The minimum Gasteiger partial charge on any atom is -0.461 e. The molecule has 1 unspecified atom stereocenters. The molecule has 0 aliphatic heterocycles. The van der Waals surface area contributed by atoms with Crippen molar-refractivity contribution in [2.45, 2.75) is 78.2 Å². The Morgan fingerprint density at radius 1 is 1.17 bits per heavy atom. The number of fused-ring (bicyclic) bond motifs is 5. The number of esters is 1. The Bertz CT molecular complexity index is 606. The lowest BCUT2D eigenvalue weighted by Gasteiger charge is -2.58. The van der Waals surface area contributed by atoms with E-state index < -0.39 is 0 Å². The number of carbonyl (C=O) groups excluding carboxylic acids is 2. The molecule has 0 saturated heterocycles. The summed E-state index contributed by atoms with van der Waals surface area (Å²) in [6, 6.07) is 0. The fraction of sp³-hybridized carbons (Fsp3) is 0.810. The summed E-state index contributed by atoms with van der Waals surface area (Å²) in [7, 11) is 0. The molecule has 4 aliphatic rings. The van der Waals surface area contributed by atoms with Crippen molar-refractivity contribution >= 4 is 11.8 Å². The standard InChI is InChI=1S/C21H30O3/c1-13(22)24-19-12-15(23)11-14-6-7-16-17-5-4-9-20(17,2)10-8-18(16)21(14,19)3/h11,16-19H,4-10,12H2,1-3H3/t16-,17-,18-,19?,20-,21-/m0/s1. The zero-order valence-corrected chi connectivity index (χ0v) is 15.3. The highest BCUT2D eigenvalue weighted by molar-refractivity contribution is 5.92. The van der Waals surface area contributed by atoms with Crippen LogP contribution in [0.15, 0.2) is 11.6 Å². The number of hydrogen-bond donors (Lipinski definition) is 0. The molecule has 3 nitrogen and oxygen atoms in total. The van der Waals surface area contributed by atoms with Gasteiger partial charge >= 0.3 is 5.97 Å². The summed E-state index contributed by atoms with van der Waals surface area (Å²) in [6.07, 6.45) is 10.8. The van der Waals surface area contributed by atoms with Gasteiger partial charge in [0.2, 0.25) is 0 Å². The second kappa shape index (κ2) is 5.44. The van der Waals surface area contributed by atoms with Crippen molar-refractivity contribution < 1.29 is 14.3 Å². The average Bonchev–Trinajstić information content (AvgIpc) is 2.90. The van der Waals surface area contributed by atoms with Crippen molar-refractivity contribution in [1.82, 2.24) is 0 Å². The van der Waals surface area contributed by atoms with Crippen LogP contribution in [0.3, 0.4) is 0 Å². The van der Waals surface area contributed by atoms with Crippen molar-refractivity contribution in [2.24, 2.45) is 28.6 Å². The van der Waals surface area contributed by atoms with Gasteiger partial charge in [0.25, 0.3) is 0 Å². The monoisotopic (exact) mass is 330 g/mol. The van der Waals surface area contributed by atoms with E-state index in [1.807, 2.05) is 6.08 Å². The van der Waals surface area contributed by atoms with Gasteiger partial charge in [-0.2, -0.15) is 0 Å². The van der Waals surface area contributed by atoms with E-state index in [9.17, 15) is 9.59 Å². The summed E-state index contributed by atoms with van der Waals surface area (Å²) in [4.78, 5) is 23.9. The molecular formula is C21H30O3. The van der Waals surface area contributed by atoms with Crippen LogP contribution < -0.4 is 0 Å². The Labute approximate surface area is 145 Å². The Morgan fingerprint density at radius 2 is 1.96 bits per heavy atom. The molecule has 0 N–H and O–H groups in total. The van der Waals surface area contributed by atoms with Crippen LogP contribution >= 0.6 is 0 Å². The van der Waals surface area contributed by atoms with Crippen LogP contribution in [0.4, 0.5) is 0 Å². The number of carbonyl (C=O) groups is 2. The number of ketones is 1. The minimum absolute atomic E-state index is 0.133. The normalized spacial score (nSPS) is 47.3. The minimum atomic E-state index is -0.263. The number of hydrogen-bond acceptors (Lipinski definition) is 3. The molecule has 0 aromatic carbocycles. The molecule has 0 amide bonds. The van der Waals surface area contributed by atoms with Crippen LogP contribution in [0.25, 0.3) is 0 Å². The van der Waals surface area contributed by atoms with E-state index in [1.54, 1.807) is 0 Å². The van der Waals surface area contributed by atoms with E-state index in [0.29, 0.717) is 17.8 Å². The van der Waals surface area contributed by atoms with Gasteiger partial charge in [0, 0.05) is 18.8 Å². The maximum atomic E-state index is 12.2. The highest BCUT2D eigenvalue weighted by Gasteiger charge is 2.59. The molecule has 3 fully saturated rings. The largest absolute Gasteiger partial charge is 0.461 e. The lowest BCUT2D eigenvalue weighted by atomic mass is 9.47. The SMILES string of the molecule is CC(=O)OC1CC(=O)C=C2CC[C@H]3[C@@H]4CCC[C@@]4(C)CC[C@@H]3[C@]21C. The Morgan fingerprint density at radius 3 is 2.71 bits per heavy atom. The Balaban J connectivity index is 1.72. The van der Waals surface area contributed by atoms with Gasteiger partial charge in [-0.3, -0.25) is 9.59 Å². The van der Waals surface area contributed by atoms with Gasteiger partial charge in [0.05, 0.1) is 0 Å². The molecule has 132 valence electrons. The zero-order valence-electron chi connectivity index (χ0n) is 15.3. The first-order valence-electron chi connectivity index (χ1n) is 9.76. The van der Waals surface area contributed by atoms with Crippen LogP contribution in [0.2, 0.25) is 0 Å². The van der Waals surface area contributed by atoms with Crippen molar-refractivity contribution in [3.8, 4) is 0 Å². The predicted molar refractivity (Wildman–Crippen MR) is 92.3 cm³/mol. The first kappa shape index (κ1) is 16.4. The number of ether oxygens (including phenoxy) is 1. The maximum Gasteiger partial charge on any atom is 0.302 e. The summed E-state index contributed by atoms with van der Waals surface area (Å²) in [5, 5.41) is 0. The van der Waals surface area contributed by atoms with E-state index in [1.165, 1.54) is 51.0 Å². The van der Waals surface area contributed by atoms with Crippen molar-refractivity contribution in [3.05, 3.63) is 11.6 Å². The highest BCUT2D eigenvalue weighted by atomic mass is 16.5. The summed E-state index contributed by atoms with van der Waals surface area (Å²) < 4.78 is 5.72. The van der Waals surface area contributed by atoms with E-state index in [-0.39, 0.29) is 23.3 Å². The first-order chi connectivity index (χ1) is 11.3. The summed E-state index contributed by atoms with van der Waals surface area (Å²) in [6.45, 7) is 6.26. The molecule has 0 bridgehead atoms. The zero-order chi connectivity index (χ0) is 17.1. The predicted octanol–water partition coefficient (Wildman–Crippen LogP) is 4.45. The van der Waals surface area contributed by atoms with Crippen LogP contribution in [0.5, 0.6) is 0 Å². The quantitative estimate of drug-likeness (QED) is 0.667. The fourth-order valence-corrected chi connectivity index (χ4v) is 6.94. The molecule has 0 aromatic heterocycles. The smallest absolute Gasteiger partial charge is 0.302 e. The van der Waals surface area contributed by atoms with Crippen LogP contribution in [0.1, 0.15) is 72.1 Å². The summed E-state index contributed by atoms with van der Waals surface area (Å²) in [5.41, 5.74) is 1.65. The third kappa shape index (κ3) is 2.23. The molecule has 6 atom stereocenters. The molecule has 4 aliphatic carbocycles. The average molecular weight is 330 g/mol. The second-order valence-electron chi connectivity index (χ2n) is 9.22. The first-order valence-corrected chi connectivity index (χ1v) is 9.76. The second-order valence-corrected chi connectivity index (χ2v) is 9.22. The molecule has 0 spiro atoms. The molecule has 3 heteroatoms. The topological polar surface area (TPSA) is 43.4 Å². The molecule has 4 rings (SSSR count). The van der Waals surface area contributed by atoms with Gasteiger partial charge in [-0.05, 0) is 67.8 Å². The third-order valence-corrected chi connectivity index (χ3v) is 8.13. The van der Waals surface area contributed by atoms with E-state index in [4.69, 9.17) is 4.74 Å². The fourth-order valence-electron chi connectivity index (χ4n) is 6.94. The van der Waals surface area contributed by atoms with Crippen LogP contribution in [0, 0.1) is 28.6 Å². The van der Waals surface area contributed by atoms with E-state index in [0.717, 1.165) is 18.3 Å². The summed E-state index contributed by atoms with van der Waals surface area (Å²) >= 11 is 0. The van der Waals surface area contributed by atoms with Gasteiger partial charge in [-0.15, -0.1) is 0 Å². The van der Waals surface area contributed by atoms with Gasteiger partial charge in [0.15, 0.2) is 5.78 Å². The van der Waals surface area contributed by atoms with Crippen LogP contribution in [-0.4, -0.2) is 17.9 Å².